The summed E-state index contributed by atoms with van der Waals surface area (Å²) in [6.07, 6.45) is 1.58. The lowest BCUT2D eigenvalue weighted by molar-refractivity contribution is 0.0740. The van der Waals surface area contributed by atoms with Gasteiger partial charge in [-0.3, -0.25) is 9.78 Å². The number of aromatic nitrogens is 3. The number of hydrogen-bond acceptors (Lipinski definition) is 9. The summed E-state index contributed by atoms with van der Waals surface area (Å²) in [5.41, 5.74) is 6.18. The fourth-order valence-electron chi connectivity index (χ4n) is 3.27. The van der Waals surface area contributed by atoms with E-state index in [2.05, 4.69) is 15.1 Å². The van der Waals surface area contributed by atoms with Crippen LogP contribution in [-0.2, 0) is 0 Å². The minimum absolute atomic E-state index is 0.0551. The molecule has 0 aliphatic carbocycles. The van der Waals surface area contributed by atoms with E-state index in [4.69, 9.17) is 31.7 Å². The number of nitrogens with two attached hydrogens (primary N) is 1. The lowest BCUT2D eigenvalue weighted by Gasteiger charge is -2.33. The number of carbonyl (C=O) groups is 1. The molecule has 1 fully saturated rings. The number of benzene rings is 1. The van der Waals surface area contributed by atoms with Gasteiger partial charge >= 0.3 is 0 Å². The molecule has 1 amide bonds. The molecule has 1 atom stereocenters. The van der Waals surface area contributed by atoms with E-state index < -0.39 is 11.9 Å². The number of amides is 1. The van der Waals surface area contributed by atoms with E-state index in [1.807, 2.05) is 4.90 Å². The molecule has 10 nitrogen and oxygen atoms in total. The molecule has 33 heavy (non-hydrogen) atoms. The SMILES string of the molecule is N[C@@H](CO)COc1cc(Cl)c(-c2nc(N3CCN(C(=O)c4ccccn4)CC3)no2)cc1F. The zero-order valence-electron chi connectivity index (χ0n) is 17.5. The van der Waals surface area contributed by atoms with E-state index >= 15 is 0 Å². The van der Waals surface area contributed by atoms with E-state index in [0.717, 1.165) is 6.07 Å². The Labute approximate surface area is 193 Å². The Balaban J connectivity index is 1.41. The van der Waals surface area contributed by atoms with Crippen LogP contribution in [0.15, 0.2) is 41.1 Å². The van der Waals surface area contributed by atoms with Crippen LogP contribution in [0.5, 0.6) is 5.75 Å². The summed E-state index contributed by atoms with van der Waals surface area (Å²) in [4.78, 5) is 24.6. The summed E-state index contributed by atoms with van der Waals surface area (Å²) < 4.78 is 25.0. The normalized spacial score (nSPS) is 14.9. The fraction of sp³-hybridized carbons (Fsp3) is 0.333. The van der Waals surface area contributed by atoms with E-state index in [9.17, 15) is 9.18 Å². The van der Waals surface area contributed by atoms with Gasteiger partial charge in [-0.05, 0) is 23.4 Å². The van der Waals surface area contributed by atoms with Gasteiger partial charge in [0.1, 0.15) is 12.3 Å². The third kappa shape index (κ3) is 5.21. The molecule has 0 unspecified atom stereocenters. The molecule has 0 spiro atoms. The first-order chi connectivity index (χ1) is 16.0. The van der Waals surface area contributed by atoms with Crippen molar-refractivity contribution in [3.05, 3.63) is 53.1 Å². The van der Waals surface area contributed by atoms with Crippen molar-refractivity contribution in [1.82, 2.24) is 20.0 Å². The van der Waals surface area contributed by atoms with Crippen LogP contribution < -0.4 is 15.4 Å². The van der Waals surface area contributed by atoms with Crippen molar-refractivity contribution in [2.45, 2.75) is 6.04 Å². The van der Waals surface area contributed by atoms with Gasteiger partial charge in [0.05, 0.1) is 23.2 Å². The van der Waals surface area contributed by atoms with Crippen LogP contribution in [0.1, 0.15) is 10.5 Å². The lowest BCUT2D eigenvalue weighted by Crippen LogP contribution is -2.49. The second-order valence-corrected chi connectivity index (χ2v) is 7.82. The van der Waals surface area contributed by atoms with Gasteiger partial charge in [0.25, 0.3) is 17.7 Å². The van der Waals surface area contributed by atoms with Gasteiger partial charge in [0.15, 0.2) is 11.6 Å². The van der Waals surface area contributed by atoms with E-state index in [1.165, 1.54) is 6.07 Å². The van der Waals surface area contributed by atoms with Crippen molar-refractivity contribution < 1.29 is 23.6 Å². The number of pyridine rings is 1. The Morgan fingerprint density at radius 1 is 1.30 bits per heavy atom. The molecule has 3 aromatic rings. The largest absolute Gasteiger partial charge is 0.489 e. The molecule has 1 saturated heterocycles. The van der Waals surface area contributed by atoms with E-state index in [1.54, 1.807) is 29.3 Å². The maximum Gasteiger partial charge on any atom is 0.272 e. The monoisotopic (exact) mass is 476 g/mol. The van der Waals surface area contributed by atoms with Crippen molar-refractivity contribution in [3.63, 3.8) is 0 Å². The van der Waals surface area contributed by atoms with Gasteiger partial charge in [-0.25, -0.2) is 4.39 Å². The summed E-state index contributed by atoms with van der Waals surface area (Å²) in [6, 6.07) is 7.01. The Hall–Kier alpha value is -3.28. The zero-order chi connectivity index (χ0) is 23.4. The number of nitrogens with zero attached hydrogens (tertiary/aromatic N) is 5. The van der Waals surface area contributed by atoms with Crippen LogP contribution in [0.4, 0.5) is 10.3 Å². The second-order valence-electron chi connectivity index (χ2n) is 7.41. The number of hydrogen-bond donors (Lipinski definition) is 2. The molecule has 1 aliphatic heterocycles. The molecule has 12 heteroatoms. The van der Waals surface area contributed by atoms with Crippen molar-refractivity contribution >= 4 is 23.5 Å². The predicted octanol–water partition coefficient (Wildman–Crippen LogP) is 1.58. The smallest absolute Gasteiger partial charge is 0.272 e. The Morgan fingerprint density at radius 3 is 2.79 bits per heavy atom. The van der Waals surface area contributed by atoms with Crippen molar-refractivity contribution in [2.24, 2.45) is 5.73 Å². The van der Waals surface area contributed by atoms with Crippen LogP contribution in [0.25, 0.3) is 11.5 Å². The third-order valence-corrected chi connectivity index (χ3v) is 5.40. The first-order valence-corrected chi connectivity index (χ1v) is 10.6. The molecule has 0 bridgehead atoms. The van der Waals surface area contributed by atoms with E-state index in [-0.39, 0.29) is 41.3 Å². The van der Waals surface area contributed by atoms with Crippen LogP contribution in [-0.4, -0.2) is 76.5 Å². The van der Waals surface area contributed by atoms with Gasteiger partial charge < -0.3 is 29.9 Å². The molecule has 1 aromatic carbocycles. The second kappa shape index (κ2) is 10.1. The number of aliphatic hydroxyl groups excluding tert-OH is 1. The van der Waals surface area contributed by atoms with Gasteiger partial charge in [-0.2, -0.15) is 4.98 Å². The standard InChI is InChI=1S/C21H22ClFN6O4/c22-15-10-18(32-12-13(24)11-30)16(23)9-14(15)19-26-21(27-33-19)29-7-5-28(6-8-29)20(31)17-3-1-2-4-25-17/h1-4,9-10,13,30H,5-8,11-12,24H2/t13-/m0/s1. The van der Waals surface area contributed by atoms with Crippen LogP contribution >= 0.6 is 11.6 Å². The highest BCUT2D eigenvalue weighted by atomic mass is 35.5. The van der Waals surface area contributed by atoms with Crippen molar-refractivity contribution in [2.75, 3.05) is 44.3 Å². The molecule has 0 radical (unpaired) electrons. The Morgan fingerprint density at radius 2 is 2.09 bits per heavy atom. The Bertz CT molecular complexity index is 1110. The summed E-state index contributed by atoms with van der Waals surface area (Å²) in [6.45, 7) is 1.58. The average molecular weight is 477 g/mol. The number of aliphatic hydroxyl groups is 1. The highest BCUT2D eigenvalue weighted by molar-refractivity contribution is 6.33. The summed E-state index contributed by atoms with van der Waals surface area (Å²) in [5, 5.41) is 13.1. The summed E-state index contributed by atoms with van der Waals surface area (Å²) in [5.74, 6) is -0.532. The van der Waals surface area contributed by atoms with E-state index in [0.29, 0.717) is 37.8 Å². The predicted molar refractivity (Wildman–Crippen MR) is 118 cm³/mol. The van der Waals surface area contributed by atoms with Gasteiger partial charge in [-0.15, -0.1) is 0 Å². The molecule has 2 aromatic heterocycles. The number of carbonyl (C=O) groups excluding carboxylic acids is 1. The number of ether oxygens (including phenoxy) is 1. The molecular formula is C21H22ClFN6O4. The van der Waals surface area contributed by atoms with Gasteiger partial charge in [0, 0.05) is 38.4 Å². The van der Waals surface area contributed by atoms with Crippen LogP contribution in [0.2, 0.25) is 5.02 Å². The maximum absolute atomic E-state index is 14.5. The zero-order valence-corrected chi connectivity index (χ0v) is 18.3. The molecule has 3 heterocycles. The quantitative estimate of drug-likeness (QED) is 0.521. The summed E-state index contributed by atoms with van der Waals surface area (Å²) >= 11 is 6.27. The molecule has 4 rings (SSSR count). The van der Waals surface area contributed by atoms with Crippen LogP contribution in [0, 0.1) is 5.82 Å². The van der Waals surface area contributed by atoms with Crippen LogP contribution in [0.3, 0.4) is 0 Å². The Kier molecular flexibility index (Phi) is 7.02. The minimum Gasteiger partial charge on any atom is -0.489 e. The minimum atomic E-state index is -0.680. The maximum atomic E-state index is 14.5. The van der Waals surface area contributed by atoms with Crippen molar-refractivity contribution in [3.8, 4) is 17.2 Å². The highest BCUT2D eigenvalue weighted by Crippen LogP contribution is 2.33. The van der Waals surface area contributed by atoms with Crippen molar-refractivity contribution in [1.29, 1.82) is 0 Å². The first kappa shape index (κ1) is 22.9. The lowest BCUT2D eigenvalue weighted by atomic mass is 10.2. The molecule has 174 valence electrons. The van der Waals surface area contributed by atoms with Gasteiger partial charge in [0.2, 0.25) is 0 Å². The van der Waals surface area contributed by atoms with Gasteiger partial charge in [-0.1, -0.05) is 17.7 Å². The fourth-order valence-corrected chi connectivity index (χ4v) is 3.50. The highest BCUT2D eigenvalue weighted by Gasteiger charge is 2.26. The third-order valence-electron chi connectivity index (χ3n) is 5.09. The number of halogens is 2. The average Bonchev–Trinajstić information content (AvgIpc) is 3.34. The molecule has 3 N–H and O–H groups in total. The number of piperazine rings is 1. The molecule has 1 aliphatic rings. The topological polar surface area (TPSA) is 131 Å². The first-order valence-electron chi connectivity index (χ1n) is 10.2. The number of rotatable bonds is 7. The molecule has 0 saturated carbocycles. The number of anilines is 1. The molecular weight excluding hydrogens is 455 g/mol. The summed E-state index contributed by atoms with van der Waals surface area (Å²) in [7, 11) is 0.